The van der Waals surface area contributed by atoms with Gasteiger partial charge in [0.1, 0.15) is 5.78 Å². The van der Waals surface area contributed by atoms with Gasteiger partial charge in [-0.3, -0.25) is 14.1 Å². The molecule has 0 aromatic heterocycles. The third kappa shape index (κ3) is 5.30. The smallest absolute Gasteiger partial charge is 0.330 e. The van der Waals surface area contributed by atoms with Crippen molar-refractivity contribution in [3.63, 3.8) is 0 Å². The molecule has 1 saturated heterocycles. The number of benzene rings is 2. The number of sulfonamides is 1. The maximum Gasteiger partial charge on any atom is 0.417 e. The Morgan fingerprint density at radius 2 is 1.69 bits per heavy atom. The van der Waals surface area contributed by atoms with E-state index in [9.17, 15) is 35.8 Å². The number of rotatable bonds is 5. The van der Waals surface area contributed by atoms with Crippen LogP contribution in [0.2, 0.25) is 10.0 Å². The van der Waals surface area contributed by atoms with E-state index in [1.165, 1.54) is 10.7 Å². The molecular formula is C18H16Cl2F3N2O5PS. The summed E-state index contributed by atoms with van der Waals surface area (Å²) in [5, 5.41) is -0.975. The van der Waals surface area contributed by atoms with E-state index in [-0.39, 0.29) is 47.7 Å². The summed E-state index contributed by atoms with van der Waals surface area (Å²) in [5.74, 6) is -0.0681. The molecule has 2 aromatic rings. The number of Topliss-reactive ketones (excluding diaryl/α,β-unsaturated/α-hetero) is 1. The molecule has 0 spiro atoms. The maximum absolute atomic E-state index is 13.2. The van der Waals surface area contributed by atoms with Gasteiger partial charge < -0.3 is 4.89 Å². The number of hydrogen-bond acceptors (Lipinski definition) is 4. The van der Waals surface area contributed by atoms with Crippen molar-refractivity contribution < 1.29 is 35.8 Å². The molecule has 1 atom stereocenters. The fraction of sp³-hybridized carbons (Fsp3) is 0.278. The van der Waals surface area contributed by atoms with Crippen LogP contribution in [0, 0.1) is 0 Å². The Morgan fingerprint density at radius 1 is 1.06 bits per heavy atom. The molecule has 2 N–H and O–H groups in total. The van der Waals surface area contributed by atoms with Crippen molar-refractivity contribution in [3.8, 4) is 0 Å². The quantitative estimate of drug-likeness (QED) is 0.559. The number of nitrogens with one attached hydrogen (secondary N) is 1. The third-order valence-corrected chi connectivity index (χ3v) is 8.86. The molecule has 3 rings (SSSR count). The molecular weight excluding hydrogens is 515 g/mol. The summed E-state index contributed by atoms with van der Waals surface area (Å²) in [5.41, 5.74) is -1.72. The van der Waals surface area contributed by atoms with Crippen LogP contribution in [0.25, 0.3) is 0 Å². The minimum atomic E-state index is -4.89. The highest BCUT2D eigenvalue weighted by atomic mass is 35.5. The summed E-state index contributed by atoms with van der Waals surface area (Å²) < 4.78 is 81.4. The van der Waals surface area contributed by atoms with E-state index in [0.717, 1.165) is 24.3 Å². The van der Waals surface area contributed by atoms with Gasteiger partial charge >= 0.3 is 13.7 Å². The van der Waals surface area contributed by atoms with E-state index in [0.29, 0.717) is 6.07 Å². The average molecular weight is 531 g/mol. The molecule has 14 heteroatoms. The van der Waals surface area contributed by atoms with Gasteiger partial charge in [0, 0.05) is 31.0 Å². The second kappa shape index (κ2) is 8.96. The number of anilines is 1. The number of ketones is 1. The van der Waals surface area contributed by atoms with Gasteiger partial charge in [-0.1, -0.05) is 23.2 Å². The zero-order chi connectivity index (χ0) is 23.9. The number of alkyl halides is 3. The van der Waals surface area contributed by atoms with Gasteiger partial charge in [0.05, 0.1) is 26.5 Å². The van der Waals surface area contributed by atoms with Crippen molar-refractivity contribution >= 4 is 57.5 Å². The molecule has 0 bridgehead atoms. The number of carbonyl (C=O) groups excluding carboxylic acids is 1. The van der Waals surface area contributed by atoms with Gasteiger partial charge in [0.15, 0.2) is 0 Å². The molecule has 32 heavy (non-hydrogen) atoms. The molecule has 0 saturated carbocycles. The summed E-state index contributed by atoms with van der Waals surface area (Å²) in [4.78, 5) is 21.4. The van der Waals surface area contributed by atoms with E-state index in [2.05, 4.69) is 0 Å². The lowest BCUT2D eigenvalue weighted by molar-refractivity contribution is -0.137. The first-order chi connectivity index (χ1) is 14.7. The molecule has 1 unspecified atom stereocenters. The molecule has 2 aromatic carbocycles. The van der Waals surface area contributed by atoms with E-state index in [4.69, 9.17) is 23.2 Å². The molecule has 1 fully saturated rings. The van der Waals surface area contributed by atoms with Crippen LogP contribution >= 0.6 is 30.7 Å². The zero-order valence-electron chi connectivity index (χ0n) is 16.1. The van der Waals surface area contributed by atoms with Crippen LogP contribution in [-0.4, -0.2) is 36.9 Å². The predicted molar refractivity (Wildman–Crippen MR) is 114 cm³/mol. The van der Waals surface area contributed by atoms with Crippen molar-refractivity contribution in [2.24, 2.45) is 0 Å². The molecule has 0 amide bonds. The van der Waals surface area contributed by atoms with E-state index in [1.807, 2.05) is 4.72 Å². The Morgan fingerprint density at radius 3 is 2.28 bits per heavy atom. The average Bonchev–Trinajstić information content (AvgIpc) is 2.67. The SMILES string of the molecule is O=C1CCN(P(=O)(O)c2ccc(Cl)cc2NS(=O)(=O)c2ccc(Cl)c(C(F)(F)F)c2)CC1. The Labute approximate surface area is 191 Å². The first kappa shape index (κ1) is 25.0. The van der Waals surface area contributed by atoms with E-state index < -0.39 is 39.2 Å². The molecule has 1 aliphatic rings. The highest BCUT2D eigenvalue weighted by Gasteiger charge is 2.37. The zero-order valence-corrected chi connectivity index (χ0v) is 19.3. The van der Waals surface area contributed by atoms with Crippen molar-refractivity contribution in [1.82, 2.24) is 4.67 Å². The summed E-state index contributed by atoms with van der Waals surface area (Å²) in [6.07, 6.45) is -4.77. The highest BCUT2D eigenvalue weighted by Crippen LogP contribution is 2.47. The summed E-state index contributed by atoms with van der Waals surface area (Å²) >= 11 is 11.5. The van der Waals surface area contributed by atoms with Crippen LogP contribution in [-0.2, 0) is 25.6 Å². The molecule has 174 valence electrons. The first-order valence-electron chi connectivity index (χ1n) is 9.01. The molecule has 7 nitrogen and oxygen atoms in total. The Bertz CT molecular complexity index is 1210. The lowest BCUT2D eigenvalue weighted by Crippen LogP contribution is -2.35. The van der Waals surface area contributed by atoms with Gasteiger partial charge in [-0.2, -0.15) is 13.2 Å². The van der Waals surface area contributed by atoms with Gasteiger partial charge in [-0.05, 0) is 36.4 Å². The van der Waals surface area contributed by atoms with Crippen LogP contribution in [0.15, 0.2) is 41.3 Å². The first-order valence-corrected chi connectivity index (χ1v) is 12.9. The summed E-state index contributed by atoms with van der Waals surface area (Å²) in [6.45, 7) is -0.0128. The van der Waals surface area contributed by atoms with Gasteiger partial charge in [-0.25, -0.2) is 13.1 Å². The van der Waals surface area contributed by atoms with Gasteiger partial charge in [-0.15, -0.1) is 0 Å². The Balaban J connectivity index is 2.02. The molecule has 0 radical (unpaired) electrons. The number of nitrogens with zero attached hydrogens (tertiary/aromatic N) is 1. The summed E-state index contributed by atoms with van der Waals surface area (Å²) in [6, 6.07) is 5.53. The highest BCUT2D eigenvalue weighted by molar-refractivity contribution is 7.92. The van der Waals surface area contributed by atoms with E-state index in [1.54, 1.807) is 0 Å². The fourth-order valence-electron chi connectivity index (χ4n) is 3.10. The molecule has 0 aliphatic carbocycles. The monoisotopic (exact) mass is 530 g/mol. The lowest BCUT2D eigenvalue weighted by atomic mass is 10.1. The number of hydrogen-bond donors (Lipinski definition) is 2. The molecule has 1 aliphatic heterocycles. The second-order valence-electron chi connectivity index (χ2n) is 6.94. The fourth-order valence-corrected chi connectivity index (χ4v) is 6.42. The van der Waals surface area contributed by atoms with Gasteiger partial charge in [0.25, 0.3) is 10.0 Å². The number of halogens is 5. The van der Waals surface area contributed by atoms with Crippen LogP contribution in [0.4, 0.5) is 18.9 Å². The minimum absolute atomic E-state index is 0.00639. The van der Waals surface area contributed by atoms with Crippen molar-refractivity contribution in [2.45, 2.75) is 23.9 Å². The van der Waals surface area contributed by atoms with Crippen molar-refractivity contribution in [2.75, 3.05) is 17.8 Å². The number of piperidine rings is 1. The van der Waals surface area contributed by atoms with Crippen LogP contribution in [0.3, 0.4) is 0 Å². The maximum atomic E-state index is 13.2. The standard InChI is InChI=1S/C18H16Cl2F3N2O5PS/c19-11-1-4-17(31(27,28)25-7-5-12(26)6-8-25)16(9-11)24-32(29,30)13-2-3-15(20)14(10-13)18(21,22)23/h1-4,9-10,24H,5-8H2,(H,27,28). The second-order valence-corrected chi connectivity index (χ2v) is 11.6. The van der Waals surface area contributed by atoms with Crippen LogP contribution in [0.5, 0.6) is 0 Å². The lowest BCUT2D eigenvalue weighted by Gasteiger charge is -2.31. The van der Waals surface area contributed by atoms with Crippen LogP contribution < -0.4 is 10.0 Å². The van der Waals surface area contributed by atoms with Crippen molar-refractivity contribution in [1.29, 1.82) is 0 Å². The number of carbonyl (C=O) groups is 1. The minimum Gasteiger partial charge on any atom is -0.330 e. The third-order valence-electron chi connectivity index (χ3n) is 4.75. The Kier molecular flexibility index (Phi) is 7.01. The largest absolute Gasteiger partial charge is 0.417 e. The van der Waals surface area contributed by atoms with Crippen LogP contribution in [0.1, 0.15) is 18.4 Å². The molecule has 1 heterocycles. The normalized spacial score (nSPS) is 17.8. The topological polar surface area (TPSA) is 104 Å². The predicted octanol–water partition coefficient (Wildman–Crippen LogP) is 4.29. The van der Waals surface area contributed by atoms with Crippen molar-refractivity contribution in [3.05, 3.63) is 52.0 Å². The van der Waals surface area contributed by atoms with Gasteiger partial charge in [0.2, 0.25) is 0 Å². The Hall–Kier alpha value is -1.62. The summed E-state index contributed by atoms with van der Waals surface area (Å²) in [7, 11) is -8.96. The van der Waals surface area contributed by atoms with E-state index >= 15 is 0 Å².